The van der Waals surface area contributed by atoms with E-state index in [4.69, 9.17) is 4.74 Å². The Morgan fingerprint density at radius 2 is 2.04 bits per heavy atom. The number of rotatable bonds is 6. The molecule has 0 N–H and O–H groups in total. The van der Waals surface area contributed by atoms with Gasteiger partial charge in [-0.2, -0.15) is 0 Å². The summed E-state index contributed by atoms with van der Waals surface area (Å²) in [5.41, 5.74) is 1.47. The lowest BCUT2D eigenvalue weighted by Crippen LogP contribution is -2.28. The highest BCUT2D eigenvalue weighted by Gasteiger charge is 2.13. The summed E-state index contributed by atoms with van der Waals surface area (Å²) in [6, 6.07) is 13.2. The molecular weight excluding hydrogens is 299 g/mol. The molecule has 2 rings (SSSR count). The summed E-state index contributed by atoms with van der Waals surface area (Å²) in [6.07, 6.45) is 1.09. The number of oxime groups is 1. The summed E-state index contributed by atoms with van der Waals surface area (Å²) < 4.78 is 18.8. The number of benzene rings is 2. The molecule has 2 aromatic rings. The molecule has 0 bridgehead atoms. The van der Waals surface area contributed by atoms with E-state index < -0.39 is 0 Å². The Kier molecular flexibility index (Phi) is 5.68. The van der Waals surface area contributed by atoms with Crippen molar-refractivity contribution in [2.45, 2.75) is 6.61 Å². The fourth-order valence-corrected chi connectivity index (χ4v) is 1.98. The molecule has 0 fully saturated rings. The minimum Gasteiger partial charge on any atom is -0.489 e. The Morgan fingerprint density at radius 3 is 2.78 bits per heavy atom. The van der Waals surface area contributed by atoms with Gasteiger partial charge in [0.15, 0.2) is 0 Å². The van der Waals surface area contributed by atoms with Gasteiger partial charge in [-0.3, -0.25) is 4.79 Å². The van der Waals surface area contributed by atoms with E-state index in [1.54, 1.807) is 25.2 Å². The zero-order valence-electron chi connectivity index (χ0n) is 12.9. The van der Waals surface area contributed by atoms with E-state index in [1.165, 1.54) is 24.1 Å². The van der Waals surface area contributed by atoms with E-state index in [0.717, 1.165) is 11.8 Å². The molecule has 120 valence electrons. The van der Waals surface area contributed by atoms with Crippen LogP contribution in [0.15, 0.2) is 53.7 Å². The van der Waals surface area contributed by atoms with Gasteiger partial charge in [-0.15, -0.1) is 0 Å². The second kappa shape index (κ2) is 7.93. The Bertz CT molecular complexity index is 704. The molecule has 0 radical (unpaired) electrons. The summed E-state index contributed by atoms with van der Waals surface area (Å²) in [5, 5.41) is 3.46. The van der Waals surface area contributed by atoms with Crippen LogP contribution in [0.1, 0.15) is 5.56 Å². The van der Waals surface area contributed by atoms with Crippen LogP contribution < -0.4 is 9.64 Å². The molecule has 0 spiro atoms. The smallest absolute Gasteiger partial charge is 0.272 e. The topological polar surface area (TPSA) is 51.1 Å². The zero-order chi connectivity index (χ0) is 16.7. The van der Waals surface area contributed by atoms with Gasteiger partial charge in [-0.05, 0) is 18.2 Å². The second-order valence-electron chi connectivity index (χ2n) is 4.69. The molecule has 1 amide bonds. The van der Waals surface area contributed by atoms with Gasteiger partial charge in [0.1, 0.15) is 31.5 Å². The Morgan fingerprint density at radius 1 is 1.26 bits per heavy atom. The number of hydrogen-bond donors (Lipinski definition) is 0. The maximum Gasteiger partial charge on any atom is 0.272 e. The summed E-state index contributed by atoms with van der Waals surface area (Å²) in [4.78, 5) is 17.9. The zero-order valence-corrected chi connectivity index (χ0v) is 12.9. The molecule has 0 unspecified atom stereocenters. The lowest BCUT2D eigenvalue weighted by Gasteiger charge is -2.19. The molecule has 5 nitrogen and oxygen atoms in total. The summed E-state index contributed by atoms with van der Waals surface area (Å²) >= 11 is 0. The number of nitrogens with zero attached hydrogens (tertiary/aromatic N) is 2. The van der Waals surface area contributed by atoms with Gasteiger partial charge in [0.2, 0.25) is 0 Å². The lowest BCUT2D eigenvalue weighted by molar-refractivity contribution is -0.112. The Labute approximate surface area is 133 Å². The minimum atomic E-state index is -0.362. The van der Waals surface area contributed by atoms with Crippen molar-refractivity contribution in [3.05, 3.63) is 59.9 Å². The standard InChI is InChI=1S/C17H17FN2O3/c1-20(17(21)11-19-22-2)16-9-4-3-6-13(16)12-23-15-8-5-7-14(18)10-15/h3-11H,12H2,1-2H3. The van der Waals surface area contributed by atoms with Crippen molar-refractivity contribution in [3.63, 3.8) is 0 Å². The summed E-state index contributed by atoms with van der Waals surface area (Å²) in [6.45, 7) is 0.207. The van der Waals surface area contributed by atoms with Crippen LogP contribution in [-0.4, -0.2) is 26.3 Å². The van der Waals surface area contributed by atoms with Crippen LogP contribution in [-0.2, 0) is 16.2 Å². The molecule has 0 aliphatic rings. The first kappa shape index (κ1) is 16.5. The predicted octanol–water partition coefficient (Wildman–Crippen LogP) is 3.00. The van der Waals surface area contributed by atoms with Gasteiger partial charge in [0.05, 0.1) is 5.69 Å². The number of hydrogen-bond acceptors (Lipinski definition) is 4. The molecule has 2 aromatic carbocycles. The molecule has 0 aliphatic heterocycles. The van der Waals surface area contributed by atoms with Crippen molar-refractivity contribution in [1.29, 1.82) is 0 Å². The van der Waals surface area contributed by atoms with Gasteiger partial charge in [-0.25, -0.2) is 4.39 Å². The highest BCUT2D eigenvalue weighted by atomic mass is 19.1. The fraction of sp³-hybridized carbons (Fsp3) is 0.176. The molecular formula is C17H17FN2O3. The minimum absolute atomic E-state index is 0.207. The fourth-order valence-electron chi connectivity index (χ4n) is 1.98. The molecule has 0 saturated heterocycles. The summed E-state index contributed by atoms with van der Waals surface area (Å²) in [7, 11) is 3.00. The normalized spacial score (nSPS) is 10.6. The maximum absolute atomic E-state index is 13.2. The monoisotopic (exact) mass is 316 g/mol. The van der Waals surface area contributed by atoms with E-state index in [-0.39, 0.29) is 18.3 Å². The quantitative estimate of drug-likeness (QED) is 0.608. The molecule has 0 saturated carbocycles. The Hall–Kier alpha value is -2.89. The van der Waals surface area contributed by atoms with Crippen LogP contribution >= 0.6 is 0 Å². The van der Waals surface area contributed by atoms with Crippen molar-refractivity contribution in [3.8, 4) is 5.75 Å². The molecule has 0 aliphatic carbocycles. The number of anilines is 1. The van der Waals surface area contributed by atoms with Crippen molar-refractivity contribution in [2.75, 3.05) is 19.1 Å². The SMILES string of the molecule is CON=CC(=O)N(C)c1ccccc1COc1cccc(F)c1. The third-order valence-corrected chi connectivity index (χ3v) is 3.14. The van der Waals surface area contributed by atoms with Crippen molar-refractivity contribution in [1.82, 2.24) is 0 Å². The van der Waals surface area contributed by atoms with Crippen LogP contribution in [0.5, 0.6) is 5.75 Å². The van der Waals surface area contributed by atoms with E-state index >= 15 is 0 Å². The third kappa shape index (κ3) is 4.54. The van der Waals surface area contributed by atoms with Crippen molar-refractivity contribution in [2.24, 2.45) is 5.16 Å². The first-order chi connectivity index (χ1) is 11.1. The van der Waals surface area contributed by atoms with Crippen LogP contribution in [0, 0.1) is 5.82 Å². The highest BCUT2D eigenvalue weighted by molar-refractivity contribution is 6.32. The maximum atomic E-state index is 13.2. The number of para-hydroxylation sites is 1. The largest absolute Gasteiger partial charge is 0.489 e. The summed E-state index contributed by atoms with van der Waals surface area (Å²) in [5.74, 6) is -0.265. The van der Waals surface area contributed by atoms with E-state index in [2.05, 4.69) is 9.99 Å². The van der Waals surface area contributed by atoms with E-state index in [1.807, 2.05) is 18.2 Å². The van der Waals surface area contributed by atoms with Crippen LogP contribution in [0.4, 0.5) is 10.1 Å². The molecule has 6 heteroatoms. The molecule has 0 atom stereocenters. The number of carbonyl (C=O) groups is 1. The van der Waals surface area contributed by atoms with E-state index in [9.17, 15) is 9.18 Å². The number of carbonyl (C=O) groups excluding carboxylic acids is 1. The van der Waals surface area contributed by atoms with Gasteiger partial charge in [-0.1, -0.05) is 29.4 Å². The first-order valence-corrected chi connectivity index (χ1v) is 6.92. The molecule has 0 heterocycles. The number of amides is 1. The van der Waals surface area contributed by atoms with Gasteiger partial charge in [0, 0.05) is 18.7 Å². The average Bonchev–Trinajstić information content (AvgIpc) is 2.57. The molecule has 0 aromatic heterocycles. The highest BCUT2D eigenvalue weighted by Crippen LogP contribution is 2.22. The third-order valence-electron chi connectivity index (χ3n) is 3.14. The van der Waals surface area contributed by atoms with Gasteiger partial charge >= 0.3 is 0 Å². The van der Waals surface area contributed by atoms with Crippen LogP contribution in [0.25, 0.3) is 0 Å². The predicted molar refractivity (Wildman–Crippen MR) is 86.1 cm³/mol. The average molecular weight is 316 g/mol. The Balaban J connectivity index is 2.14. The van der Waals surface area contributed by atoms with Crippen molar-refractivity contribution >= 4 is 17.8 Å². The number of ether oxygens (including phenoxy) is 1. The molecule has 23 heavy (non-hydrogen) atoms. The van der Waals surface area contributed by atoms with E-state index in [0.29, 0.717) is 11.4 Å². The van der Waals surface area contributed by atoms with Crippen LogP contribution in [0.2, 0.25) is 0 Å². The van der Waals surface area contributed by atoms with Gasteiger partial charge < -0.3 is 14.5 Å². The first-order valence-electron chi connectivity index (χ1n) is 6.92. The van der Waals surface area contributed by atoms with Gasteiger partial charge in [0.25, 0.3) is 5.91 Å². The lowest BCUT2D eigenvalue weighted by atomic mass is 10.1. The van der Waals surface area contributed by atoms with Crippen LogP contribution in [0.3, 0.4) is 0 Å². The van der Waals surface area contributed by atoms with Crippen molar-refractivity contribution < 1.29 is 18.8 Å². The number of halogens is 1. The second-order valence-corrected chi connectivity index (χ2v) is 4.69.